The van der Waals surface area contributed by atoms with Crippen LogP contribution in [0.3, 0.4) is 0 Å². The zero-order valence-corrected chi connectivity index (χ0v) is 14.8. The largest absolute Gasteiger partial charge is 0.457 e. The van der Waals surface area contributed by atoms with Gasteiger partial charge in [-0.25, -0.2) is 9.78 Å². The molecule has 0 fully saturated rings. The average Bonchev–Trinajstić information content (AvgIpc) is 2.73. The fraction of sp³-hybridized carbons (Fsp3) is 0.615. The highest BCUT2D eigenvalue weighted by Crippen LogP contribution is 2.18. The molecule has 0 N–H and O–H groups in total. The van der Waals surface area contributed by atoms with Gasteiger partial charge in [0.05, 0.1) is 0 Å². The molecule has 0 saturated carbocycles. The van der Waals surface area contributed by atoms with E-state index in [9.17, 15) is 9.59 Å². The van der Waals surface area contributed by atoms with E-state index in [2.05, 4.69) is 14.5 Å². The Balaban J connectivity index is 2.94. The van der Waals surface area contributed by atoms with Gasteiger partial charge in [-0.3, -0.25) is 4.79 Å². The lowest BCUT2D eigenvalue weighted by Crippen LogP contribution is -2.40. The summed E-state index contributed by atoms with van der Waals surface area (Å²) in [7, 11) is 0. The van der Waals surface area contributed by atoms with Gasteiger partial charge in [-0.05, 0) is 64.7 Å². The number of carbonyl (C=O) groups is 2. The van der Waals surface area contributed by atoms with E-state index >= 15 is 0 Å². The van der Waals surface area contributed by atoms with Gasteiger partial charge >= 0.3 is 5.97 Å². The van der Waals surface area contributed by atoms with Gasteiger partial charge in [-0.2, -0.15) is 4.37 Å². The Morgan fingerprint density at radius 2 is 1.82 bits per heavy atom. The van der Waals surface area contributed by atoms with Gasteiger partial charge in [-0.1, -0.05) is 5.16 Å². The number of esters is 1. The Hall–Kier alpha value is -1.54. The molecular formula is C13H18ClN3O4S. The number of carbonyl (C=O) groups excluding carboxylic acids is 2. The highest BCUT2D eigenvalue weighted by molar-refractivity contribution is 7.05. The third kappa shape index (κ3) is 5.34. The number of nitrogens with zero attached hydrogens (tertiary/aromatic N) is 3. The van der Waals surface area contributed by atoms with E-state index < -0.39 is 22.4 Å². The van der Waals surface area contributed by atoms with Crippen molar-refractivity contribution in [3.63, 3.8) is 0 Å². The van der Waals surface area contributed by atoms with Gasteiger partial charge in [0.2, 0.25) is 11.3 Å². The standard InChI is InChI=1S/C13H18ClN3O4S/c1-7-15-10(17-22-7)8(9(14)18)16-21-13(5,6)11(19)20-12(2,3)4/h1-6H3/b16-8+. The molecule has 0 amide bonds. The molecule has 122 valence electrons. The number of oxime groups is 1. The Morgan fingerprint density at radius 1 is 1.23 bits per heavy atom. The summed E-state index contributed by atoms with van der Waals surface area (Å²) in [5.74, 6) is -0.560. The fourth-order valence-corrected chi connectivity index (χ4v) is 1.75. The van der Waals surface area contributed by atoms with Crippen LogP contribution >= 0.6 is 23.1 Å². The molecular weight excluding hydrogens is 330 g/mol. The molecule has 22 heavy (non-hydrogen) atoms. The molecule has 0 bridgehead atoms. The summed E-state index contributed by atoms with van der Waals surface area (Å²) in [5, 5.41) is 3.41. The predicted octanol–water partition coefficient (Wildman–Crippen LogP) is 2.45. The number of rotatable bonds is 5. The van der Waals surface area contributed by atoms with Crippen LogP contribution in [0.2, 0.25) is 0 Å². The average molecular weight is 348 g/mol. The Bertz CT molecular complexity index is 605. The number of aromatic nitrogens is 2. The summed E-state index contributed by atoms with van der Waals surface area (Å²) < 4.78 is 9.17. The smallest absolute Gasteiger partial charge is 0.353 e. The van der Waals surface area contributed by atoms with Crippen molar-refractivity contribution in [2.75, 3.05) is 0 Å². The predicted molar refractivity (Wildman–Crippen MR) is 83.1 cm³/mol. The molecule has 1 rings (SSSR count). The third-order valence-corrected chi connectivity index (χ3v) is 2.98. The first-order valence-corrected chi connectivity index (χ1v) is 7.57. The lowest BCUT2D eigenvalue weighted by Gasteiger charge is -2.26. The molecule has 0 radical (unpaired) electrons. The molecule has 7 nitrogen and oxygen atoms in total. The van der Waals surface area contributed by atoms with Gasteiger partial charge in [0, 0.05) is 0 Å². The summed E-state index contributed by atoms with van der Waals surface area (Å²) in [6, 6.07) is 0. The van der Waals surface area contributed by atoms with Gasteiger partial charge in [0.1, 0.15) is 10.6 Å². The Kier molecular flexibility index (Phi) is 5.64. The molecule has 1 aromatic heterocycles. The summed E-state index contributed by atoms with van der Waals surface area (Å²) >= 11 is 6.56. The van der Waals surface area contributed by atoms with Gasteiger partial charge < -0.3 is 9.57 Å². The van der Waals surface area contributed by atoms with E-state index in [0.29, 0.717) is 5.01 Å². The molecule has 0 aromatic carbocycles. The summed E-state index contributed by atoms with van der Waals surface area (Å²) in [4.78, 5) is 32.6. The molecule has 0 aliphatic rings. The molecule has 1 heterocycles. The lowest BCUT2D eigenvalue weighted by atomic mass is 10.1. The first-order valence-electron chi connectivity index (χ1n) is 6.42. The van der Waals surface area contributed by atoms with Crippen LogP contribution in [0.15, 0.2) is 5.16 Å². The third-order valence-electron chi connectivity index (χ3n) is 2.18. The highest BCUT2D eigenvalue weighted by atomic mass is 35.5. The van der Waals surface area contributed by atoms with Crippen molar-refractivity contribution in [3.05, 3.63) is 10.8 Å². The van der Waals surface area contributed by atoms with E-state index in [4.69, 9.17) is 21.2 Å². The minimum absolute atomic E-state index is 0.0579. The molecule has 0 spiro atoms. The van der Waals surface area contributed by atoms with Gasteiger partial charge in [0.25, 0.3) is 5.24 Å². The van der Waals surface area contributed by atoms with Gasteiger partial charge in [0.15, 0.2) is 5.82 Å². The number of hydrogen-bond acceptors (Lipinski definition) is 8. The monoisotopic (exact) mass is 347 g/mol. The van der Waals surface area contributed by atoms with Crippen molar-refractivity contribution in [1.29, 1.82) is 0 Å². The minimum atomic E-state index is -1.39. The summed E-state index contributed by atoms with van der Waals surface area (Å²) in [6.07, 6.45) is 0. The first kappa shape index (κ1) is 18.5. The number of hydrogen-bond donors (Lipinski definition) is 0. The molecule has 0 atom stereocenters. The van der Waals surface area contributed by atoms with Crippen molar-refractivity contribution in [2.24, 2.45) is 5.16 Å². The van der Waals surface area contributed by atoms with Crippen molar-refractivity contribution < 1.29 is 19.2 Å². The van der Waals surface area contributed by atoms with Crippen LogP contribution in [0.5, 0.6) is 0 Å². The Morgan fingerprint density at radius 3 is 2.23 bits per heavy atom. The molecule has 0 unspecified atom stereocenters. The van der Waals surface area contributed by atoms with Crippen LogP contribution in [-0.2, 0) is 19.2 Å². The van der Waals surface area contributed by atoms with Crippen molar-refractivity contribution in [3.8, 4) is 0 Å². The van der Waals surface area contributed by atoms with Crippen LogP contribution in [-0.4, -0.2) is 37.5 Å². The summed E-state index contributed by atoms with van der Waals surface area (Å²) in [6.45, 7) is 9.88. The zero-order valence-electron chi connectivity index (χ0n) is 13.3. The number of ether oxygens (including phenoxy) is 1. The Labute approximate surface area is 137 Å². The van der Waals surface area contributed by atoms with Crippen molar-refractivity contribution >= 4 is 40.1 Å². The van der Waals surface area contributed by atoms with Crippen LogP contribution < -0.4 is 0 Å². The van der Waals surface area contributed by atoms with Gasteiger partial charge in [-0.15, -0.1) is 0 Å². The second kappa shape index (κ2) is 6.70. The topological polar surface area (TPSA) is 90.7 Å². The maximum absolute atomic E-state index is 12.0. The zero-order chi connectivity index (χ0) is 17.1. The molecule has 9 heteroatoms. The van der Waals surface area contributed by atoms with Crippen LogP contribution in [0.25, 0.3) is 0 Å². The fourth-order valence-electron chi connectivity index (χ4n) is 1.16. The second-order valence-electron chi connectivity index (χ2n) is 5.95. The minimum Gasteiger partial charge on any atom is -0.457 e. The van der Waals surface area contributed by atoms with E-state index in [-0.39, 0.29) is 11.5 Å². The van der Waals surface area contributed by atoms with E-state index in [0.717, 1.165) is 11.5 Å². The molecule has 1 aromatic rings. The maximum Gasteiger partial charge on any atom is 0.353 e. The molecule has 0 aliphatic carbocycles. The quantitative estimate of drug-likeness (QED) is 0.351. The SMILES string of the molecule is Cc1nc(/C(=N/OC(C)(C)C(=O)OC(C)(C)C)C(=O)Cl)ns1. The van der Waals surface area contributed by atoms with Crippen LogP contribution in [0.4, 0.5) is 0 Å². The number of halogens is 1. The lowest BCUT2D eigenvalue weighted by molar-refractivity contribution is -0.179. The van der Waals surface area contributed by atoms with Crippen molar-refractivity contribution in [1.82, 2.24) is 9.36 Å². The van der Waals surface area contributed by atoms with E-state index in [1.807, 2.05) is 0 Å². The molecule has 0 saturated heterocycles. The maximum atomic E-state index is 12.0. The van der Waals surface area contributed by atoms with E-state index in [1.165, 1.54) is 13.8 Å². The summed E-state index contributed by atoms with van der Waals surface area (Å²) in [5.41, 5.74) is -2.32. The first-order chi connectivity index (χ1) is 9.92. The molecule has 0 aliphatic heterocycles. The second-order valence-corrected chi connectivity index (χ2v) is 7.25. The van der Waals surface area contributed by atoms with Crippen LogP contribution in [0.1, 0.15) is 45.5 Å². The van der Waals surface area contributed by atoms with Crippen molar-refractivity contribution in [2.45, 2.75) is 52.7 Å². The van der Waals surface area contributed by atoms with Crippen LogP contribution in [0, 0.1) is 6.92 Å². The highest BCUT2D eigenvalue weighted by Gasteiger charge is 2.36. The van der Waals surface area contributed by atoms with E-state index in [1.54, 1.807) is 27.7 Å². The normalized spacial score (nSPS) is 13.0. The number of aryl methyl sites for hydroxylation is 1.